The molecule has 122 valence electrons. The summed E-state index contributed by atoms with van der Waals surface area (Å²) in [6, 6.07) is 20.1. The summed E-state index contributed by atoms with van der Waals surface area (Å²) in [5.74, 6) is 0.862. The average Bonchev–Trinajstić information content (AvgIpc) is 3.14. The van der Waals surface area contributed by atoms with Gasteiger partial charge in [-0.15, -0.1) is 0 Å². The van der Waals surface area contributed by atoms with Crippen molar-refractivity contribution in [1.82, 2.24) is 10.3 Å². The van der Waals surface area contributed by atoms with Crippen LogP contribution in [-0.2, 0) is 18.4 Å². The van der Waals surface area contributed by atoms with E-state index in [9.17, 15) is 0 Å². The molecule has 0 aliphatic rings. The summed E-state index contributed by atoms with van der Waals surface area (Å²) in [4.78, 5) is 5.33. The van der Waals surface area contributed by atoms with E-state index in [-0.39, 0.29) is 5.41 Å². The van der Waals surface area contributed by atoms with Crippen LogP contribution in [0.25, 0.3) is 0 Å². The van der Waals surface area contributed by atoms with E-state index in [1.165, 1.54) is 5.56 Å². The second-order valence-corrected chi connectivity index (χ2v) is 6.38. The van der Waals surface area contributed by atoms with Gasteiger partial charge in [0.25, 0.3) is 0 Å². The van der Waals surface area contributed by atoms with Gasteiger partial charge in [-0.1, -0.05) is 48.6 Å². The second-order valence-electron chi connectivity index (χ2n) is 5.97. The van der Waals surface area contributed by atoms with Crippen molar-refractivity contribution < 1.29 is 4.42 Å². The number of nitrogens with one attached hydrogen (secondary N) is 1. The van der Waals surface area contributed by atoms with E-state index in [4.69, 9.17) is 16.6 Å². The molecule has 0 aliphatic heterocycles. The standard InChI is InChI=1S/C20H20N2OS/c1-20(18-11-5-6-12-21-18,14-16-8-3-2-4-9-16)19(24)22-15-17-10-7-13-23-17/h2-13H,14-15H2,1H3,(H,22,24). The number of aromatic nitrogens is 1. The molecule has 2 aromatic heterocycles. The lowest BCUT2D eigenvalue weighted by Gasteiger charge is -2.30. The summed E-state index contributed by atoms with van der Waals surface area (Å²) in [7, 11) is 0. The van der Waals surface area contributed by atoms with E-state index in [0.29, 0.717) is 6.54 Å². The zero-order valence-electron chi connectivity index (χ0n) is 13.6. The first kappa shape index (κ1) is 16.4. The lowest BCUT2D eigenvalue weighted by atomic mass is 9.79. The Morgan fingerprint density at radius 1 is 1.08 bits per heavy atom. The van der Waals surface area contributed by atoms with Crippen LogP contribution in [0.1, 0.15) is 23.9 Å². The van der Waals surface area contributed by atoms with E-state index >= 15 is 0 Å². The highest BCUT2D eigenvalue weighted by atomic mass is 32.1. The van der Waals surface area contributed by atoms with Crippen molar-refractivity contribution in [3.63, 3.8) is 0 Å². The van der Waals surface area contributed by atoms with Gasteiger partial charge in [0.2, 0.25) is 0 Å². The number of rotatable bonds is 6. The maximum absolute atomic E-state index is 5.75. The summed E-state index contributed by atoms with van der Waals surface area (Å²) in [5.41, 5.74) is 1.81. The van der Waals surface area contributed by atoms with Crippen LogP contribution in [0.3, 0.4) is 0 Å². The zero-order valence-corrected chi connectivity index (χ0v) is 14.4. The van der Waals surface area contributed by atoms with E-state index < -0.39 is 0 Å². The predicted molar refractivity (Wildman–Crippen MR) is 99.9 cm³/mol. The lowest BCUT2D eigenvalue weighted by Crippen LogP contribution is -2.42. The predicted octanol–water partition coefficient (Wildman–Crippen LogP) is 4.29. The van der Waals surface area contributed by atoms with Gasteiger partial charge in [-0.05, 0) is 43.2 Å². The molecule has 1 atom stereocenters. The third kappa shape index (κ3) is 3.71. The Bertz CT molecular complexity index is 772. The number of furan rings is 1. The molecule has 4 heteroatoms. The summed E-state index contributed by atoms with van der Waals surface area (Å²) in [6.07, 6.45) is 4.27. The smallest absolute Gasteiger partial charge is 0.122 e. The Morgan fingerprint density at radius 3 is 2.54 bits per heavy atom. The normalized spacial score (nSPS) is 13.2. The van der Waals surface area contributed by atoms with Gasteiger partial charge >= 0.3 is 0 Å². The van der Waals surface area contributed by atoms with E-state index in [2.05, 4.69) is 29.4 Å². The molecule has 0 bridgehead atoms. The molecule has 1 aromatic carbocycles. The Balaban J connectivity index is 1.85. The van der Waals surface area contributed by atoms with Crippen LogP contribution in [-0.4, -0.2) is 9.97 Å². The monoisotopic (exact) mass is 336 g/mol. The SMILES string of the molecule is CC(Cc1ccccc1)(C(=S)NCc1ccco1)c1ccccn1. The zero-order chi connectivity index (χ0) is 16.8. The molecule has 3 rings (SSSR count). The minimum Gasteiger partial charge on any atom is -0.467 e. The van der Waals surface area contributed by atoms with Crippen molar-refractivity contribution in [3.05, 3.63) is 90.1 Å². The van der Waals surface area contributed by atoms with Crippen LogP contribution in [0, 0.1) is 0 Å². The fraction of sp³-hybridized carbons (Fsp3) is 0.200. The molecule has 0 saturated heterocycles. The van der Waals surface area contributed by atoms with Crippen molar-refractivity contribution >= 4 is 17.2 Å². The minimum atomic E-state index is -0.384. The maximum atomic E-state index is 5.75. The lowest BCUT2D eigenvalue weighted by molar-refractivity contribution is 0.497. The molecule has 0 radical (unpaired) electrons. The summed E-state index contributed by atoms with van der Waals surface area (Å²) in [5, 5.41) is 3.34. The summed E-state index contributed by atoms with van der Waals surface area (Å²) in [6.45, 7) is 2.71. The number of benzene rings is 1. The highest BCUT2D eigenvalue weighted by Crippen LogP contribution is 2.28. The molecule has 0 saturated carbocycles. The highest BCUT2D eigenvalue weighted by molar-refractivity contribution is 7.80. The summed E-state index contributed by atoms with van der Waals surface area (Å²) >= 11 is 5.75. The third-order valence-corrected chi connectivity index (χ3v) is 4.73. The van der Waals surface area contributed by atoms with Crippen LogP contribution in [0.5, 0.6) is 0 Å². The molecule has 0 amide bonds. The Morgan fingerprint density at radius 2 is 1.88 bits per heavy atom. The molecular weight excluding hydrogens is 316 g/mol. The molecule has 2 heterocycles. The third-order valence-electron chi connectivity index (χ3n) is 4.14. The van der Waals surface area contributed by atoms with Gasteiger partial charge in [-0.25, -0.2) is 0 Å². The van der Waals surface area contributed by atoms with Gasteiger partial charge in [0, 0.05) is 6.20 Å². The van der Waals surface area contributed by atoms with E-state index in [1.807, 2.05) is 54.7 Å². The van der Waals surface area contributed by atoms with Crippen molar-refractivity contribution in [2.75, 3.05) is 0 Å². The quantitative estimate of drug-likeness (QED) is 0.681. The Hall–Kier alpha value is -2.46. The molecular formula is C20H20N2OS. The first-order valence-corrected chi connectivity index (χ1v) is 8.35. The fourth-order valence-corrected chi connectivity index (χ4v) is 3.00. The van der Waals surface area contributed by atoms with Crippen LogP contribution in [0.15, 0.2) is 77.5 Å². The average molecular weight is 336 g/mol. The van der Waals surface area contributed by atoms with Crippen molar-refractivity contribution in [2.45, 2.75) is 25.3 Å². The molecule has 0 spiro atoms. The van der Waals surface area contributed by atoms with Gasteiger partial charge in [0.15, 0.2) is 0 Å². The fourth-order valence-electron chi connectivity index (χ4n) is 2.76. The molecule has 1 N–H and O–H groups in total. The molecule has 3 nitrogen and oxygen atoms in total. The molecule has 24 heavy (non-hydrogen) atoms. The van der Waals surface area contributed by atoms with Crippen molar-refractivity contribution in [3.8, 4) is 0 Å². The van der Waals surface area contributed by atoms with Crippen LogP contribution in [0.2, 0.25) is 0 Å². The Labute approximate surface area is 147 Å². The highest BCUT2D eigenvalue weighted by Gasteiger charge is 2.33. The van der Waals surface area contributed by atoms with Gasteiger partial charge in [0.05, 0.1) is 28.9 Å². The number of thiocarbonyl (C=S) groups is 1. The molecule has 0 aliphatic carbocycles. The molecule has 0 fully saturated rings. The van der Waals surface area contributed by atoms with Crippen LogP contribution >= 0.6 is 12.2 Å². The Kier molecular flexibility index (Phi) is 5.06. The number of nitrogens with zero attached hydrogens (tertiary/aromatic N) is 1. The topological polar surface area (TPSA) is 38.1 Å². The van der Waals surface area contributed by atoms with Gasteiger partial charge in [0.1, 0.15) is 5.76 Å². The van der Waals surface area contributed by atoms with Gasteiger partial charge in [-0.2, -0.15) is 0 Å². The largest absolute Gasteiger partial charge is 0.467 e. The maximum Gasteiger partial charge on any atom is 0.122 e. The molecule has 1 unspecified atom stereocenters. The molecule has 3 aromatic rings. The van der Waals surface area contributed by atoms with Crippen molar-refractivity contribution in [1.29, 1.82) is 0 Å². The van der Waals surface area contributed by atoms with Crippen molar-refractivity contribution in [2.24, 2.45) is 0 Å². The van der Waals surface area contributed by atoms with E-state index in [0.717, 1.165) is 22.9 Å². The van der Waals surface area contributed by atoms with Crippen LogP contribution in [0.4, 0.5) is 0 Å². The number of pyridine rings is 1. The second kappa shape index (κ2) is 7.41. The summed E-state index contributed by atoms with van der Waals surface area (Å²) < 4.78 is 5.38. The minimum absolute atomic E-state index is 0.384. The van der Waals surface area contributed by atoms with Gasteiger partial charge in [-0.3, -0.25) is 4.98 Å². The van der Waals surface area contributed by atoms with E-state index in [1.54, 1.807) is 6.26 Å². The first-order chi connectivity index (χ1) is 11.7. The number of hydrogen-bond donors (Lipinski definition) is 1. The van der Waals surface area contributed by atoms with Crippen LogP contribution < -0.4 is 5.32 Å². The first-order valence-electron chi connectivity index (χ1n) is 7.94. The van der Waals surface area contributed by atoms with Gasteiger partial charge < -0.3 is 9.73 Å². The number of hydrogen-bond acceptors (Lipinski definition) is 3.